The molecule has 236 valence electrons. The van der Waals surface area contributed by atoms with Gasteiger partial charge >= 0.3 is 0 Å². The van der Waals surface area contributed by atoms with Gasteiger partial charge in [-0.25, -0.2) is 8.42 Å². The molecule has 0 saturated heterocycles. The summed E-state index contributed by atoms with van der Waals surface area (Å²) < 4.78 is 29.5. The van der Waals surface area contributed by atoms with E-state index in [2.05, 4.69) is 5.32 Å². The van der Waals surface area contributed by atoms with Crippen LogP contribution in [0, 0.1) is 0 Å². The van der Waals surface area contributed by atoms with Gasteiger partial charge in [-0.1, -0.05) is 103 Å². The van der Waals surface area contributed by atoms with Crippen LogP contribution >= 0.6 is 23.2 Å². The maximum atomic E-state index is 14.6. The Bertz CT molecular complexity index is 1720. The molecule has 0 aromatic heterocycles. The first-order valence-electron chi connectivity index (χ1n) is 14.7. The highest BCUT2D eigenvalue weighted by molar-refractivity contribution is 7.92. The Kier molecular flexibility index (Phi) is 11.7. The molecule has 0 saturated carbocycles. The maximum Gasteiger partial charge on any atom is 0.264 e. The second-order valence-corrected chi connectivity index (χ2v) is 13.6. The van der Waals surface area contributed by atoms with Crippen LogP contribution in [-0.2, 0) is 39.0 Å². The Morgan fingerprint density at radius 2 is 1.42 bits per heavy atom. The van der Waals surface area contributed by atoms with Crippen LogP contribution in [0.25, 0.3) is 0 Å². The summed E-state index contributed by atoms with van der Waals surface area (Å²) in [7, 11) is -4.18. The second-order valence-electron chi connectivity index (χ2n) is 10.9. The lowest BCUT2D eigenvalue weighted by Gasteiger charge is -2.34. The van der Waals surface area contributed by atoms with Crippen LogP contribution in [-0.4, -0.2) is 43.8 Å². The van der Waals surface area contributed by atoms with Gasteiger partial charge in [0.25, 0.3) is 10.0 Å². The first kappa shape index (κ1) is 34.0. The molecule has 0 radical (unpaired) electrons. The van der Waals surface area contributed by atoms with Crippen molar-refractivity contribution in [1.82, 2.24) is 10.2 Å². The number of carbonyl (C=O) groups excluding carboxylic acids is 2. The fourth-order valence-corrected chi connectivity index (χ4v) is 6.85. The number of anilines is 1. The smallest absolute Gasteiger partial charge is 0.264 e. The summed E-state index contributed by atoms with van der Waals surface area (Å²) in [6.45, 7) is 5.08. The van der Waals surface area contributed by atoms with E-state index < -0.39 is 28.5 Å². The van der Waals surface area contributed by atoms with Crippen LogP contribution in [0.5, 0.6) is 0 Å². The number of benzene rings is 4. The van der Waals surface area contributed by atoms with Crippen molar-refractivity contribution in [2.45, 2.75) is 57.1 Å². The fourth-order valence-electron chi connectivity index (χ4n) is 5.06. The van der Waals surface area contributed by atoms with Crippen LogP contribution in [0.3, 0.4) is 0 Å². The molecule has 0 fully saturated rings. The molecule has 2 amide bonds. The topological polar surface area (TPSA) is 86.8 Å². The zero-order valence-corrected chi connectivity index (χ0v) is 27.8. The summed E-state index contributed by atoms with van der Waals surface area (Å²) in [6.07, 6.45) is 0.759. The third kappa shape index (κ3) is 8.66. The van der Waals surface area contributed by atoms with Gasteiger partial charge in [-0.15, -0.1) is 0 Å². The summed E-state index contributed by atoms with van der Waals surface area (Å²) >= 11 is 12.5. The molecule has 45 heavy (non-hydrogen) atoms. The zero-order chi connectivity index (χ0) is 32.6. The second kappa shape index (κ2) is 15.4. The summed E-state index contributed by atoms with van der Waals surface area (Å²) in [5.74, 6) is -0.903. The predicted octanol–water partition coefficient (Wildman–Crippen LogP) is 6.92. The van der Waals surface area contributed by atoms with Crippen molar-refractivity contribution < 1.29 is 18.0 Å². The van der Waals surface area contributed by atoms with E-state index in [1.165, 1.54) is 17.0 Å². The summed E-state index contributed by atoms with van der Waals surface area (Å²) in [6, 6.07) is 28.4. The van der Waals surface area contributed by atoms with Crippen LogP contribution < -0.4 is 9.62 Å². The zero-order valence-electron chi connectivity index (χ0n) is 25.5. The highest BCUT2D eigenvalue weighted by Gasteiger charge is 2.35. The number of hydrogen-bond donors (Lipinski definition) is 1. The first-order valence-corrected chi connectivity index (χ1v) is 16.9. The van der Waals surface area contributed by atoms with E-state index in [4.69, 9.17) is 23.2 Å². The quantitative estimate of drug-likeness (QED) is 0.168. The number of amides is 2. The number of para-hydroxylation sites is 1. The van der Waals surface area contributed by atoms with Gasteiger partial charge < -0.3 is 10.2 Å². The molecule has 7 nitrogen and oxygen atoms in total. The van der Waals surface area contributed by atoms with Crippen LogP contribution in [0.1, 0.15) is 37.5 Å². The number of nitrogens with zero attached hydrogens (tertiary/aromatic N) is 2. The van der Waals surface area contributed by atoms with Gasteiger partial charge in [0.15, 0.2) is 0 Å². The van der Waals surface area contributed by atoms with Gasteiger partial charge in [0.2, 0.25) is 11.8 Å². The lowest BCUT2D eigenvalue weighted by Crippen LogP contribution is -2.54. The minimum absolute atomic E-state index is 0.00656. The van der Waals surface area contributed by atoms with Crippen molar-refractivity contribution in [2.75, 3.05) is 10.8 Å². The normalized spacial score (nSPS) is 12.0. The molecule has 4 rings (SSSR count). The molecule has 10 heteroatoms. The van der Waals surface area contributed by atoms with Crippen molar-refractivity contribution >= 4 is 50.7 Å². The van der Waals surface area contributed by atoms with Crippen molar-refractivity contribution in [3.63, 3.8) is 0 Å². The molecule has 0 heterocycles. The molecule has 0 spiro atoms. The Morgan fingerprint density at radius 1 is 0.800 bits per heavy atom. The first-order chi connectivity index (χ1) is 21.5. The summed E-state index contributed by atoms with van der Waals surface area (Å²) in [4.78, 5) is 29.9. The lowest BCUT2D eigenvalue weighted by molar-refractivity contribution is -0.140. The molecule has 1 unspecified atom stereocenters. The largest absolute Gasteiger partial charge is 0.352 e. The number of hydrogen-bond acceptors (Lipinski definition) is 4. The SMILES string of the molecule is CCc1ccccc1N(CC(=O)N(Cc1ccc(Cl)c(Cl)c1)C(Cc1ccccc1)C(=O)NC(C)C)S(=O)(=O)c1ccccc1. The number of aryl methyl sites for hydroxylation is 1. The Labute approximate surface area is 275 Å². The van der Waals surface area contributed by atoms with Crippen molar-refractivity contribution in [1.29, 1.82) is 0 Å². The number of sulfonamides is 1. The maximum absolute atomic E-state index is 14.6. The van der Waals surface area contributed by atoms with E-state index in [9.17, 15) is 18.0 Å². The minimum atomic E-state index is -4.18. The van der Waals surface area contributed by atoms with Crippen molar-refractivity contribution in [3.8, 4) is 0 Å². The van der Waals surface area contributed by atoms with Gasteiger partial charge in [0.1, 0.15) is 12.6 Å². The molecule has 1 N–H and O–H groups in total. The molecule has 0 aliphatic rings. The standard InChI is InChI=1S/C35H37Cl2N3O4S/c1-4-28-15-11-12-18-32(28)40(45(43,44)29-16-9-6-10-17-29)24-34(41)39(23-27-19-20-30(36)31(37)21-27)33(35(42)38-25(2)3)22-26-13-7-5-8-14-26/h5-21,25,33H,4,22-24H2,1-3H3,(H,38,42). The van der Waals surface area contributed by atoms with E-state index in [0.717, 1.165) is 15.4 Å². The van der Waals surface area contributed by atoms with Gasteiger partial charge in [0.05, 0.1) is 20.6 Å². The third-order valence-electron chi connectivity index (χ3n) is 7.29. The molecule has 0 aliphatic heterocycles. The molecule has 0 bridgehead atoms. The number of nitrogens with one attached hydrogen (secondary N) is 1. The highest BCUT2D eigenvalue weighted by Crippen LogP contribution is 2.29. The van der Waals surface area contributed by atoms with Crippen molar-refractivity contribution in [2.24, 2.45) is 0 Å². The molecular formula is C35H37Cl2N3O4S. The number of carbonyl (C=O) groups is 2. The molecular weight excluding hydrogens is 629 g/mol. The molecule has 4 aromatic carbocycles. The van der Waals surface area contributed by atoms with Gasteiger partial charge in [-0.2, -0.15) is 0 Å². The van der Waals surface area contributed by atoms with E-state index >= 15 is 0 Å². The fraction of sp³-hybridized carbons (Fsp3) is 0.257. The number of rotatable bonds is 13. The van der Waals surface area contributed by atoms with Crippen molar-refractivity contribution in [3.05, 3.63) is 130 Å². The Hall–Kier alpha value is -3.85. The van der Waals surface area contributed by atoms with Crippen LogP contribution in [0.2, 0.25) is 10.0 Å². The lowest BCUT2D eigenvalue weighted by atomic mass is 10.0. The van der Waals surface area contributed by atoms with E-state index in [0.29, 0.717) is 27.7 Å². The van der Waals surface area contributed by atoms with E-state index in [-0.39, 0.29) is 29.8 Å². The van der Waals surface area contributed by atoms with Gasteiger partial charge in [-0.05, 0) is 67.3 Å². The predicted molar refractivity (Wildman–Crippen MR) is 181 cm³/mol. The van der Waals surface area contributed by atoms with Crippen LogP contribution in [0.4, 0.5) is 5.69 Å². The molecule has 4 aromatic rings. The summed E-state index contributed by atoms with van der Waals surface area (Å²) in [5, 5.41) is 3.61. The Balaban J connectivity index is 1.84. The number of halogens is 2. The third-order valence-corrected chi connectivity index (χ3v) is 9.80. The van der Waals surface area contributed by atoms with Crippen LogP contribution in [0.15, 0.2) is 108 Å². The average molecular weight is 667 g/mol. The molecule has 0 aliphatic carbocycles. The average Bonchev–Trinajstić information content (AvgIpc) is 3.03. The van der Waals surface area contributed by atoms with E-state index in [1.807, 2.05) is 63.2 Å². The van der Waals surface area contributed by atoms with Gasteiger partial charge in [0, 0.05) is 19.0 Å². The van der Waals surface area contributed by atoms with Gasteiger partial charge in [-0.3, -0.25) is 13.9 Å². The highest BCUT2D eigenvalue weighted by atomic mass is 35.5. The monoisotopic (exact) mass is 665 g/mol. The minimum Gasteiger partial charge on any atom is -0.352 e. The molecule has 1 atom stereocenters. The summed E-state index contributed by atoms with van der Waals surface area (Å²) in [5.41, 5.74) is 2.65. The Morgan fingerprint density at radius 3 is 2.04 bits per heavy atom. The van der Waals surface area contributed by atoms with E-state index in [1.54, 1.807) is 48.5 Å².